The molecule has 0 atom stereocenters. The summed E-state index contributed by atoms with van der Waals surface area (Å²) in [4.78, 5) is 15.3. The van der Waals surface area contributed by atoms with Crippen LogP contribution in [0.3, 0.4) is 0 Å². The Morgan fingerprint density at radius 2 is 1.20 bits per heavy atom. The molecule has 3 aromatic heterocycles. The summed E-state index contributed by atoms with van der Waals surface area (Å²) in [6, 6.07) is 35.6. The first-order chi connectivity index (χ1) is 24.8. The Morgan fingerprint density at radius 1 is 0.500 bits per heavy atom. The maximum Gasteiger partial charge on any atom is 0.164 e. The van der Waals surface area contributed by atoms with Crippen molar-refractivity contribution < 1.29 is 8.83 Å². The third-order valence-electron chi connectivity index (χ3n) is 9.87. The third kappa shape index (κ3) is 4.81. The molecule has 0 saturated carbocycles. The first-order valence-corrected chi connectivity index (χ1v) is 17.2. The highest BCUT2D eigenvalue weighted by molar-refractivity contribution is 6.16. The van der Waals surface area contributed by atoms with E-state index >= 15 is 0 Å². The van der Waals surface area contributed by atoms with Crippen LogP contribution in [0.25, 0.3) is 88.9 Å². The standard InChI is InChI=1S/C45H31N3O2/c1-3-11-28(12-4-1)29-21-23-31(24-22-29)44-46-43(30-13-5-2-6-14-30)47-45(48-44)35-17-10-20-40-42(35)36-27-32(25-26-38(36)50-40)33-16-9-19-39-41(33)34-15-7-8-18-37(34)49-39/h1,3,5,7-11,13-27H,2,4,6,12H2. The molecular formula is C45H31N3O2. The molecule has 0 saturated heterocycles. The molecule has 0 unspecified atom stereocenters. The number of nitrogens with zero attached hydrogens (tertiary/aromatic N) is 3. The third-order valence-corrected chi connectivity index (χ3v) is 9.87. The van der Waals surface area contributed by atoms with E-state index in [-0.39, 0.29) is 0 Å². The zero-order chi connectivity index (χ0) is 33.0. The minimum Gasteiger partial charge on any atom is -0.456 e. The van der Waals surface area contributed by atoms with Crippen molar-refractivity contribution in [2.75, 3.05) is 0 Å². The summed E-state index contributed by atoms with van der Waals surface area (Å²) in [5, 5.41) is 4.21. The van der Waals surface area contributed by atoms with Crippen LogP contribution < -0.4 is 0 Å². The van der Waals surface area contributed by atoms with Gasteiger partial charge in [0.2, 0.25) is 0 Å². The van der Waals surface area contributed by atoms with Crippen molar-refractivity contribution in [3.63, 3.8) is 0 Å². The Labute approximate surface area is 288 Å². The summed E-state index contributed by atoms with van der Waals surface area (Å²) in [6.45, 7) is 0. The van der Waals surface area contributed by atoms with Crippen LogP contribution in [0.2, 0.25) is 0 Å². The van der Waals surface area contributed by atoms with Crippen LogP contribution >= 0.6 is 0 Å². The van der Waals surface area contributed by atoms with Crippen molar-refractivity contribution in [1.82, 2.24) is 15.0 Å². The number of hydrogen-bond donors (Lipinski definition) is 0. The fourth-order valence-corrected chi connectivity index (χ4v) is 7.41. The van der Waals surface area contributed by atoms with Gasteiger partial charge in [-0.15, -0.1) is 0 Å². The lowest BCUT2D eigenvalue weighted by Gasteiger charge is -2.12. The maximum atomic E-state index is 6.46. The molecule has 238 valence electrons. The molecule has 0 fully saturated rings. The molecule has 0 spiro atoms. The number of rotatable bonds is 5. The molecule has 3 heterocycles. The first kappa shape index (κ1) is 28.7. The summed E-state index contributed by atoms with van der Waals surface area (Å²) >= 11 is 0. The SMILES string of the molecule is C1=CCCC(c2ccc(-c3nc(C4=CCCC=C4)nc(-c4cccc5oc6ccc(-c7cccc8oc9ccccc9c78)cc6c45)n3)cc2)=C1. The predicted octanol–water partition coefficient (Wildman–Crippen LogP) is 12.1. The van der Waals surface area contributed by atoms with E-state index in [1.165, 1.54) is 11.1 Å². The Hall–Kier alpha value is -6.33. The second-order valence-electron chi connectivity index (χ2n) is 13.0. The van der Waals surface area contributed by atoms with Crippen molar-refractivity contribution in [3.8, 4) is 33.9 Å². The van der Waals surface area contributed by atoms with E-state index < -0.39 is 0 Å². The maximum absolute atomic E-state index is 6.46. The van der Waals surface area contributed by atoms with Crippen molar-refractivity contribution >= 4 is 55.0 Å². The molecule has 0 bridgehead atoms. The van der Waals surface area contributed by atoms with Gasteiger partial charge in [0.1, 0.15) is 22.3 Å². The highest BCUT2D eigenvalue weighted by Gasteiger charge is 2.20. The molecule has 0 N–H and O–H groups in total. The average molecular weight is 646 g/mol. The van der Waals surface area contributed by atoms with Crippen molar-refractivity contribution in [3.05, 3.63) is 151 Å². The van der Waals surface area contributed by atoms with E-state index in [1.54, 1.807) is 0 Å². The van der Waals surface area contributed by atoms with E-state index in [0.29, 0.717) is 17.5 Å². The van der Waals surface area contributed by atoms with Gasteiger partial charge in [-0.25, -0.2) is 15.0 Å². The molecule has 2 aliphatic rings. The van der Waals surface area contributed by atoms with E-state index in [1.807, 2.05) is 30.3 Å². The fraction of sp³-hybridized carbons (Fsp3) is 0.0889. The van der Waals surface area contributed by atoms with Gasteiger partial charge in [-0.2, -0.15) is 0 Å². The summed E-state index contributed by atoms with van der Waals surface area (Å²) < 4.78 is 12.7. The second-order valence-corrected chi connectivity index (χ2v) is 13.0. The van der Waals surface area contributed by atoms with Gasteiger partial charge in [-0.05, 0) is 78.3 Å². The van der Waals surface area contributed by atoms with Gasteiger partial charge in [-0.3, -0.25) is 0 Å². The fourth-order valence-electron chi connectivity index (χ4n) is 7.41. The molecule has 2 aliphatic carbocycles. The second kappa shape index (κ2) is 11.7. The van der Waals surface area contributed by atoms with Crippen LogP contribution in [-0.2, 0) is 0 Å². The van der Waals surface area contributed by atoms with Crippen LogP contribution in [0.1, 0.15) is 37.1 Å². The summed E-state index contributed by atoms with van der Waals surface area (Å²) in [5.41, 5.74) is 11.0. The molecule has 8 aromatic rings. The quantitative estimate of drug-likeness (QED) is 0.186. The molecule has 5 aromatic carbocycles. The van der Waals surface area contributed by atoms with Crippen LogP contribution in [0, 0.1) is 0 Å². The number of para-hydroxylation sites is 1. The Bertz CT molecular complexity index is 2760. The largest absolute Gasteiger partial charge is 0.456 e. The Morgan fingerprint density at radius 3 is 2.00 bits per heavy atom. The number of aromatic nitrogens is 3. The lowest BCUT2D eigenvalue weighted by molar-refractivity contribution is 0.669. The molecule has 0 amide bonds. The van der Waals surface area contributed by atoms with Gasteiger partial charge in [-0.1, -0.05) is 109 Å². The normalized spacial score (nSPS) is 14.6. The molecule has 5 nitrogen and oxygen atoms in total. The highest BCUT2D eigenvalue weighted by atomic mass is 16.3. The lowest BCUT2D eigenvalue weighted by Crippen LogP contribution is -2.03. The van der Waals surface area contributed by atoms with Gasteiger partial charge in [0, 0.05) is 38.2 Å². The first-order valence-electron chi connectivity index (χ1n) is 17.2. The minimum absolute atomic E-state index is 0.621. The topological polar surface area (TPSA) is 65.0 Å². The lowest BCUT2D eigenvalue weighted by atomic mass is 9.96. The van der Waals surface area contributed by atoms with Crippen LogP contribution in [0.15, 0.2) is 148 Å². The average Bonchev–Trinajstić information content (AvgIpc) is 3.77. The Kier molecular flexibility index (Phi) is 6.69. The van der Waals surface area contributed by atoms with Gasteiger partial charge in [0.25, 0.3) is 0 Å². The van der Waals surface area contributed by atoms with Crippen molar-refractivity contribution in [2.24, 2.45) is 0 Å². The molecular weight excluding hydrogens is 615 g/mol. The monoisotopic (exact) mass is 645 g/mol. The molecule has 50 heavy (non-hydrogen) atoms. The summed E-state index contributed by atoms with van der Waals surface area (Å²) in [7, 11) is 0. The van der Waals surface area contributed by atoms with E-state index in [4.69, 9.17) is 23.8 Å². The van der Waals surface area contributed by atoms with Crippen molar-refractivity contribution in [1.29, 1.82) is 0 Å². The number of hydrogen-bond acceptors (Lipinski definition) is 5. The van der Waals surface area contributed by atoms with Gasteiger partial charge < -0.3 is 8.83 Å². The van der Waals surface area contributed by atoms with Gasteiger partial charge in [0.05, 0.1) is 0 Å². The number of fused-ring (bicyclic) bond motifs is 6. The van der Waals surface area contributed by atoms with Gasteiger partial charge >= 0.3 is 0 Å². The Balaban J connectivity index is 1.15. The van der Waals surface area contributed by atoms with E-state index in [2.05, 4.69) is 109 Å². The summed E-state index contributed by atoms with van der Waals surface area (Å²) in [6.07, 6.45) is 17.2. The van der Waals surface area contributed by atoms with E-state index in [0.717, 1.165) is 97.4 Å². The molecule has 0 radical (unpaired) electrons. The zero-order valence-electron chi connectivity index (χ0n) is 27.3. The van der Waals surface area contributed by atoms with Gasteiger partial charge in [0.15, 0.2) is 17.5 Å². The molecule has 10 rings (SSSR count). The number of benzene rings is 5. The molecule has 5 heteroatoms. The minimum atomic E-state index is 0.621. The molecule has 0 aliphatic heterocycles. The van der Waals surface area contributed by atoms with E-state index in [9.17, 15) is 0 Å². The van der Waals surface area contributed by atoms with Crippen molar-refractivity contribution in [2.45, 2.75) is 25.7 Å². The van der Waals surface area contributed by atoms with Crippen LogP contribution in [-0.4, -0.2) is 15.0 Å². The smallest absolute Gasteiger partial charge is 0.164 e. The number of furan rings is 2. The predicted molar refractivity (Wildman–Crippen MR) is 203 cm³/mol. The number of allylic oxidation sites excluding steroid dienone is 8. The highest BCUT2D eigenvalue weighted by Crippen LogP contribution is 2.41. The van der Waals surface area contributed by atoms with Crippen LogP contribution in [0.4, 0.5) is 0 Å². The summed E-state index contributed by atoms with van der Waals surface area (Å²) in [5.74, 6) is 1.95. The zero-order valence-corrected chi connectivity index (χ0v) is 27.3. The van der Waals surface area contributed by atoms with Crippen LogP contribution in [0.5, 0.6) is 0 Å².